The number of aryl methyl sites for hydroxylation is 1. The normalized spacial score (nSPS) is 10.1. The number of hydrogen-bond donors (Lipinski definition) is 3. The van der Waals surface area contributed by atoms with Crippen LogP contribution in [-0.4, -0.2) is 11.0 Å². The largest absolute Gasteiger partial charge is 0.508 e. The van der Waals surface area contributed by atoms with Gasteiger partial charge in [-0.25, -0.2) is 0 Å². The van der Waals surface area contributed by atoms with Gasteiger partial charge in [-0.05, 0) is 48.9 Å². The molecule has 0 radical (unpaired) electrons. The monoisotopic (exact) mass is 242 g/mol. The van der Waals surface area contributed by atoms with Gasteiger partial charge in [-0.1, -0.05) is 6.07 Å². The maximum Gasteiger partial charge on any atom is 0.255 e. The lowest BCUT2D eigenvalue weighted by Gasteiger charge is -2.07. The fourth-order valence-corrected chi connectivity index (χ4v) is 1.60. The van der Waals surface area contributed by atoms with E-state index in [0.717, 1.165) is 5.56 Å². The number of carbonyl (C=O) groups excluding carboxylic acids is 1. The van der Waals surface area contributed by atoms with Crippen molar-refractivity contribution in [3.8, 4) is 5.75 Å². The summed E-state index contributed by atoms with van der Waals surface area (Å²) in [7, 11) is 0. The number of benzene rings is 2. The second kappa shape index (κ2) is 4.79. The minimum absolute atomic E-state index is 0.0659. The molecule has 0 aliphatic carbocycles. The van der Waals surface area contributed by atoms with Gasteiger partial charge in [0.05, 0.1) is 0 Å². The molecular weight excluding hydrogens is 228 g/mol. The zero-order chi connectivity index (χ0) is 13.1. The molecule has 0 aliphatic rings. The summed E-state index contributed by atoms with van der Waals surface area (Å²) in [6, 6.07) is 11.5. The maximum absolute atomic E-state index is 11.9. The number of hydrogen-bond acceptors (Lipinski definition) is 3. The summed E-state index contributed by atoms with van der Waals surface area (Å²) < 4.78 is 0. The number of carbonyl (C=O) groups is 1. The predicted molar refractivity (Wildman–Crippen MR) is 71.7 cm³/mol. The maximum atomic E-state index is 11.9. The standard InChI is InChI=1S/C14H14N2O2/c1-9-7-11(5-6-13(9)15)16-14(18)10-3-2-4-12(17)8-10/h2-8,17H,15H2,1H3,(H,16,18). The lowest BCUT2D eigenvalue weighted by molar-refractivity contribution is 0.102. The molecule has 0 aliphatic heterocycles. The summed E-state index contributed by atoms with van der Waals surface area (Å²) in [5, 5.41) is 12.1. The average Bonchev–Trinajstić information content (AvgIpc) is 2.34. The molecule has 2 aromatic rings. The predicted octanol–water partition coefficient (Wildman–Crippen LogP) is 2.54. The lowest BCUT2D eigenvalue weighted by Crippen LogP contribution is -2.11. The summed E-state index contributed by atoms with van der Waals surface area (Å²) >= 11 is 0. The fraction of sp³-hybridized carbons (Fsp3) is 0.0714. The topological polar surface area (TPSA) is 75.3 Å². The van der Waals surface area contributed by atoms with E-state index in [0.29, 0.717) is 16.9 Å². The molecule has 0 heterocycles. The second-order valence-electron chi connectivity index (χ2n) is 4.08. The van der Waals surface area contributed by atoms with Gasteiger partial charge in [0.2, 0.25) is 0 Å². The van der Waals surface area contributed by atoms with E-state index >= 15 is 0 Å². The van der Waals surface area contributed by atoms with Gasteiger partial charge in [-0.15, -0.1) is 0 Å². The Kier molecular flexibility index (Phi) is 3.19. The molecule has 18 heavy (non-hydrogen) atoms. The van der Waals surface area contributed by atoms with E-state index < -0.39 is 0 Å². The molecule has 0 aromatic heterocycles. The molecular formula is C14H14N2O2. The number of rotatable bonds is 2. The molecule has 2 rings (SSSR count). The molecule has 0 atom stereocenters. The van der Waals surface area contributed by atoms with Crippen LogP contribution in [0.3, 0.4) is 0 Å². The Morgan fingerprint density at radius 2 is 2.00 bits per heavy atom. The summed E-state index contributed by atoms with van der Waals surface area (Å²) in [6.07, 6.45) is 0. The van der Waals surface area contributed by atoms with Crippen LogP contribution in [-0.2, 0) is 0 Å². The van der Waals surface area contributed by atoms with Crippen LogP contribution in [0.25, 0.3) is 0 Å². The third-order valence-electron chi connectivity index (χ3n) is 2.64. The van der Waals surface area contributed by atoms with E-state index in [1.807, 2.05) is 6.92 Å². The van der Waals surface area contributed by atoms with Gasteiger partial charge in [-0.3, -0.25) is 4.79 Å². The first-order chi connectivity index (χ1) is 8.56. The molecule has 0 bridgehead atoms. The van der Waals surface area contributed by atoms with Gasteiger partial charge in [0.1, 0.15) is 5.75 Å². The summed E-state index contributed by atoms with van der Waals surface area (Å²) in [5.41, 5.74) is 8.38. The Balaban J connectivity index is 2.18. The van der Waals surface area contributed by atoms with Crippen molar-refractivity contribution in [1.29, 1.82) is 0 Å². The fourth-order valence-electron chi connectivity index (χ4n) is 1.60. The number of amides is 1. The zero-order valence-corrected chi connectivity index (χ0v) is 9.97. The van der Waals surface area contributed by atoms with E-state index in [4.69, 9.17) is 5.73 Å². The first-order valence-corrected chi connectivity index (χ1v) is 5.53. The van der Waals surface area contributed by atoms with E-state index in [2.05, 4.69) is 5.32 Å². The Morgan fingerprint density at radius 3 is 2.67 bits per heavy atom. The van der Waals surface area contributed by atoms with E-state index in [1.165, 1.54) is 12.1 Å². The summed E-state index contributed by atoms with van der Waals surface area (Å²) in [5.74, 6) is -0.203. The molecule has 0 fully saturated rings. The number of anilines is 2. The third kappa shape index (κ3) is 2.60. The Bertz CT molecular complexity index is 594. The number of phenolic OH excluding ortho intramolecular Hbond substituents is 1. The van der Waals surface area contributed by atoms with Crippen LogP contribution in [0.15, 0.2) is 42.5 Å². The van der Waals surface area contributed by atoms with Crippen molar-refractivity contribution in [2.75, 3.05) is 11.1 Å². The van der Waals surface area contributed by atoms with Crippen LogP contribution in [0.5, 0.6) is 5.75 Å². The van der Waals surface area contributed by atoms with Crippen molar-refractivity contribution < 1.29 is 9.90 Å². The molecule has 1 amide bonds. The quantitative estimate of drug-likeness (QED) is 0.708. The van der Waals surface area contributed by atoms with Crippen LogP contribution in [0.4, 0.5) is 11.4 Å². The third-order valence-corrected chi connectivity index (χ3v) is 2.64. The Labute approximate surface area is 105 Å². The Morgan fingerprint density at radius 1 is 1.22 bits per heavy atom. The van der Waals surface area contributed by atoms with E-state index in [1.54, 1.807) is 30.3 Å². The first kappa shape index (κ1) is 12.0. The number of nitrogens with one attached hydrogen (secondary N) is 1. The molecule has 92 valence electrons. The van der Waals surface area contributed by atoms with Crippen LogP contribution >= 0.6 is 0 Å². The molecule has 0 unspecified atom stereocenters. The van der Waals surface area contributed by atoms with Gasteiger partial charge < -0.3 is 16.2 Å². The SMILES string of the molecule is Cc1cc(NC(=O)c2cccc(O)c2)ccc1N. The van der Waals surface area contributed by atoms with Gasteiger partial charge in [0.15, 0.2) is 0 Å². The molecule has 0 saturated heterocycles. The highest BCUT2D eigenvalue weighted by molar-refractivity contribution is 6.04. The number of nitrogens with two attached hydrogens (primary N) is 1. The van der Waals surface area contributed by atoms with E-state index in [9.17, 15) is 9.90 Å². The second-order valence-corrected chi connectivity index (χ2v) is 4.08. The van der Waals surface area contributed by atoms with Crippen LogP contribution in [0, 0.1) is 6.92 Å². The zero-order valence-electron chi connectivity index (χ0n) is 9.97. The van der Waals surface area contributed by atoms with Crippen molar-refractivity contribution in [1.82, 2.24) is 0 Å². The number of phenols is 1. The minimum atomic E-state index is -0.268. The van der Waals surface area contributed by atoms with Crippen LogP contribution in [0.1, 0.15) is 15.9 Å². The van der Waals surface area contributed by atoms with Crippen molar-refractivity contribution in [2.24, 2.45) is 0 Å². The van der Waals surface area contributed by atoms with Crippen molar-refractivity contribution in [2.45, 2.75) is 6.92 Å². The van der Waals surface area contributed by atoms with Crippen LogP contribution in [0.2, 0.25) is 0 Å². The molecule has 4 N–H and O–H groups in total. The molecule has 4 heteroatoms. The van der Waals surface area contributed by atoms with E-state index in [-0.39, 0.29) is 11.7 Å². The highest BCUT2D eigenvalue weighted by atomic mass is 16.3. The summed E-state index contributed by atoms with van der Waals surface area (Å²) in [6.45, 7) is 1.87. The van der Waals surface area contributed by atoms with Gasteiger partial charge in [0.25, 0.3) is 5.91 Å². The van der Waals surface area contributed by atoms with Gasteiger partial charge in [-0.2, -0.15) is 0 Å². The molecule has 2 aromatic carbocycles. The molecule has 0 saturated carbocycles. The van der Waals surface area contributed by atoms with Gasteiger partial charge >= 0.3 is 0 Å². The van der Waals surface area contributed by atoms with Crippen LogP contribution < -0.4 is 11.1 Å². The first-order valence-electron chi connectivity index (χ1n) is 5.53. The van der Waals surface area contributed by atoms with Crippen molar-refractivity contribution in [3.05, 3.63) is 53.6 Å². The highest BCUT2D eigenvalue weighted by Gasteiger charge is 2.07. The van der Waals surface area contributed by atoms with Crippen molar-refractivity contribution in [3.63, 3.8) is 0 Å². The number of nitrogen functional groups attached to an aromatic ring is 1. The molecule has 0 spiro atoms. The molecule has 4 nitrogen and oxygen atoms in total. The average molecular weight is 242 g/mol. The van der Waals surface area contributed by atoms with Gasteiger partial charge in [0, 0.05) is 16.9 Å². The highest BCUT2D eigenvalue weighted by Crippen LogP contribution is 2.18. The van der Waals surface area contributed by atoms with Crippen molar-refractivity contribution >= 4 is 17.3 Å². The minimum Gasteiger partial charge on any atom is -0.508 e. The Hall–Kier alpha value is -2.49. The number of aromatic hydroxyl groups is 1. The lowest BCUT2D eigenvalue weighted by atomic mass is 10.1. The smallest absolute Gasteiger partial charge is 0.255 e. The summed E-state index contributed by atoms with van der Waals surface area (Å²) in [4.78, 5) is 11.9.